The van der Waals surface area contributed by atoms with Crippen LogP contribution in [-0.2, 0) is 11.2 Å². The van der Waals surface area contributed by atoms with Crippen LogP contribution in [-0.4, -0.2) is 4.98 Å². The molecule has 0 aliphatic heterocycles. The fourth-order valence-electron chi connectivity index (χ4n) is 1.13. The van der Waals surface area contributed by atoms with Gasteiger partial charge in [0.1, 0.15) is 10.7 Å². The number of halogens is 1. The second-order valence-electron chi connectivity index (χ2n) is 4.16. The van der Waals surface area contributed by atoms with Gasteiger partial charge in [-0.1, -0.05) is 0 Å². The number of thiazole rings is 1. The predicted octanol–water partition coefficient (Wildman–Crippen LogP) is 2.30. The first kappa shape index (κ1) is 9.09. The van der Waals surface area contributed by atoms with Crippen molar-refractivity contribution in [3.05, 3.63) is 16.1 Å². The number of hydrogen-bond donors (Lipinski definition) is 1. The van der Waals surface area contributed by atoms with Crippen LogP contribution in [0, 0.1) is 0 Å². The maximum absolute atomic E-state index is 13.5. The average Bonchev–Trinajstić information content (AvgIpc) is 2.60. The van der Waals surface area contributed by atoms with E-state index in [0.29, 0.717) is 4.88 Å². The number of nitrogens with zero attached hydrogens (tertiary/aromatic N) is 1. The molecule has 2 nitrogen and oxygen atoms in total. The van der Waals surface area contributed by atoms with Gasteiger partial charge in [0, 0.05) is 6.20 Å². The first-order chi connectivity index (χ1) is 5.92. The van der Waals surface area contributed by atoms with Crippen LogP contribution in [0.15, 0.2) is 6.20 Å². The van der Waals surface area contributed by atoms with Crippen LogP contribution in [0.3, 0.4) is 0 Å². The van der Waals surface area contributed by atoms with Gasteiger partial charge in [-0.15, -0.1) is 11.3 Å². The average molecular weight is 200 g/mol. The lowest BCUT2D eigenvalue weighted by molar-refractivity contribution is 0.226. The monoisotopic (exact) mass is 200 g/mol. The third kappa shape index (κ3) is 1.60. The van der Waals surface area contributed by atoms with E-state index >= 15 is 0 Å². The number of aromatic nitrogens is 1. The third-order valence-electron chi connectivity index (χ3n) is 2.31. The van der Waals surface area contributed by atoms with Gasteiger partial charge in [0.05, 0.1) is 10.4 Å². The van der Waals surface area contributed by atoms with E-state index in [1.807, 2.05) is 0 Å². The van der Waals surface area contributed by atoms with Gasteiger partial charge < -0.3 is 5.73 Å². The molecule has 0 radical (unpaired) electrons. The molecule has 1 aromatic heterocycles. The lowest BCUT2D eigenvalue weighted by Gasteiger charge is -2.09. The van der Waals surface area contributed by atoms with Crippen LogP contribution in [0.1, 0.15) is 36.6 Å². The zero-order chi connectivity index (χ0) is 9.69. The molecule has 1 aromatic rings. The van der Waals surface area contributed by atoms with E-state index in [9.17, 15) is 4.39 Å². The molecule has 0 bridgehead atoms. The number of rotatable bonds is 2. The van der Waals surface area contributed by atoms with Crippen molar-refractivity contribution in [3.8, 4) is 0 Å². The van der Waals surface area contributed by atoms with Crippen LogP contribution in [0.2, 0.25) is 0 Å². The summed E-state index contributed by atoms with van der Waals surface area (Å²) in [5.41, 5.74) is 4.43. The largest absolute Gasteiger partial charge is 0.319 e. The van der Waals surface area contributed by atoms with Crippen molar-refractivity contribution in [1.29, 1.82) is 0 Å². The maximum atomic E-state index is 13.5. The summed E-state index contributed by atoms with van der Waals surface area (Å²) in [5.74, 6) is 0. The fraction of sp³-hybridized carbons (Fsp3) is 0.667. The van der Waals surface area contributed by atoms with Crippen LogP contribution >= 0.6 is 11.3 Å². The number of alkyl halides is 1. The summed E-state index contributed by atoms with van der Waals surface area (Å²) in [6, 6.07) is 0. The molecule has 0 atom stereocenters. The van der Waals surface area contributed by atoms with E-state index < -0.39 is 5.67 Å². The molecule has 2 rings (SSSR count). The molecule has 1 aliphatic carbocycles. The Labute approximate surface area is 81.0 Å². The van der Waals surface area contributed by atoms with E-state index in [4.69, 9.17) is 5.73 Å². The molecule has 0 unspecified atom stereocenters. The van der Waals surface area contributed by atoms with Crippen molar-refractivity contribution in [2.24, 2.45) is 5.73 Å². The standard InChI is InChI=1S/C9H13FN2S/c1-8(2,10)6-5-12-7(13-6)9(11)3-4-9/h5H,3-4,11H2,1-2H3. The second kappa shape index (κ2) is 2.51. The molecule has 0 aromatic carbocycles. The summed E-state index contributed by atoms with van der Waals surface area (Å²) in [6.45, 7) is 3.08. The lowest BCUT2D eigenvalue weighted by Crippen LogP contribution is -2.17. The van der Waals surface area contributed by atoms with Crippen molar-refractivity contribution in [2.45, 2.75) is 37.9 Å². The Morgan fingerprint density at radius 3 is 2.62 bits per heavy atom. The molecule has 1 fully saturated rings. The Balaban J connectivity index is 2.29. The summed E-state index contributed by atoms with van der Waals surface area (Å²) in [5, 5.41) is 0.883. The van der Waals surface area contributed by atoms with Crippen molar-refractivity contribution in [1.82, 2.24) is 4.98 Å². The summed E-state index contributed by atoms with van der Waals surface area (Å²) >= 11 is 1.40. The highest BCUT2D eigenvalue weighted by molar-refractivity contribution is 7.11. The minimum Gasteiger partial charge on any atom is -0.319 e. The molecule has 1 saturated carbocycles. The molecule has 0 amide bonds. The summed E-state index contributed by atoms with van der Waals surface area (Å²) < 4.78 is 13.5. The Morgan fingerprint density at radius 1 is 1.62 bits per heavy atom. The van der Waals surface area contributed by atoms with Gasteiger partial charge in [0.25, 0.3) is 0 Å². The highest BCUT2D eigenvalue weighted by atomic mass is 32.1. The molecule has 4 heteroatoms. The Bertz CT molecular complexity index is 303. The Hall–Kier alpha value is -0.480. The normalized spacial score (nSPS) is 20.3. The first-order valence-corrected chi connectivity index (χ1v) is 5.18. The van der Waals surface area contributed by atoms with Gasteiger partial charge in [0.2, 0.25) is 0 Å². The molecule has 0 spiro atoms. The van der Waals surface area contributed by atoms with Gasteiger partial charge in [-0.2, -0.15) is 0 Å². The first-order valence-electron chi connectivity index (χ1n) is 4.36. The van der Waals surface area contributed by atoms with Gasteiger partial charge >= 0.3 is 0 Å². The van der Waals surface area contributed by atoms with E-state index in [0.717, 1.165) is 17.8 Å². The topological polar surface area (TPSA) is 38.9 Å². The van der Waals surface area contributed by atoms with Crippen molar-refractivity contribution < 1.29 is 4.39 Å². The predicted molar refractivity (Wildman–Crippen MR) is 51.3 cm³/mol. The van der Waals surface area contributed by atoms with E-state index in [-0.39, 0.29) is 5.54 Å². The zero-order valence-electron chi connectivity index (χ0n) is 7.80. The van der Waals surface area contributed by atoms with Crippen LogP contribution in [0.4, 0.5) is 4.39 Å². The summed E-state index contributed by atoms with van der Waals surface area (Å²) in [7, 11) is 0. The summed E-state index contributed by atoms with van der Waals surface area (Å²) in [4.78, 5) is 4.84. The molecule has 72 valence electrons. The molecule has 13 heavy (non-hydrogen) atoms. The molecule has 1 aliphatic rings. The lowest BCUT2D eigenvalue weighted by atomic mass is 10.1. The molecule has 1 heterocycles. The number of nitrogens with two attached hydrogens (primary N) is 1. The van der Waals surface area contributed by atoms with Crippen molar-refractivity contribution in [2.75, 3.05) is 0 Å². The van der Waals surface area contributed by atoms with Crippen LogP contribution in [0.25, 0.3) is 0 Å². The smallest absolute Gasteiger partial charge is 0.141 e. The van der Waals surface area contributed by atoms with Crippen molar-refractivity contribution in [3.63, 3.8) is 0 Å². The highest BCUT2D eigenvalue weighted by Crippen LogP contribution is 2.45. The Kier molecular flexibility index (Phi) is 1.76. The maximum Gasteiger partial charge on any atom is 0.141 e. The molecular weight excluding hydrogens is 187 g/mol. The summed E-state index contributed by atoms with van der Waals surface area (Å²) in [6.07, 6.45) is 3.56. The van der Waals surface area contributed by atoms with E-state index in [1.54, 1.807) is 20.0 Å². The number of hydrogen-bond acceptors (Lipinski definition) is 3. The minimum absolute atomic E-state index is 0.228. The highest BCUT2D eigenvalue weighted by Gasteiger charge is 2.43. The van der Waals surface area contributed by atoms with Crippen molar-refractivity contribution >= 4 is 11.3 Å². The van der Waals surface area contributed by atoms with Gasteiger partial charge in [-0.25, -0.2) is 9.37 Å². The molecule has 0 saturated heterocycles. The van der Waals surface area contributed by atoms with E-state index in [2.05, 4.69) is 4.98 Å². The SMILES string of the molecule is CC(C)(F)c1cnc(C2(N)CC2)s1. The van der Waals surface area contributed by atoms with Gasteiger partial charge in [0.15, 0.2) is 0 Å². The molecule has 2 N–H and O–H groups in total. The van der Waals surface area contributed by atoms with E-state index in [1.165, 1.54) is 11.3 Å². The third-order valence-corrected chi connectivity index (χ3v) is 3.82. The Morgan fingerprint density at radius 2 is 2.23 bits per heavy atom. The van der Waals surface area contributed by atoms with Gasteiger partial charge in [-0.3, -0.25) is 0 Å². The zero-order valence-corrected chi connectivity index (χ0v) is 8.62. The second-order valence-corrected chi connectivity index (χ2v) is 5.19. The van der Waals surface area contributed by atoms with Gasteiger partial charge in [-0.05, 0) is 26.7 Å². The van der Waals surface area contributed by atoms with Crippen LogP contribution in [0.5, 0.6) is 0 Å². The fourth-order valence-corrected chi connectivity index (χ4v) is 2.20. The quantitative estimate of drug-likeness (QED) is 0.795. The van der Waals surface area contributed by atoms with Crippen LogP contribution < -0.4 is 5.73 Å². The minimum atomic E-state index is -1.29. The molecular formula is C9H13FN2S.